The summed E-state index contributed by atoms with van der Waals surface area (Å²) in [5.41, 5.74) is 1.27. The van der Waals surface area contributed by atoms with Crippen LogP contribution in [0.1, 0.15) is 12.5 Å². The van der Waals surface area contributed by atoms with Crippen LogP contribution in [0.3, 0.4) is 0 Å². The number of carbonyl (C=O) groups is 2. The van der Waals surface area contributed by atoms with Gasteiger partial charge in [0.05, 0.1) is 0 Å². The van der Waals surface area contributed by atoms with E-state index in [1.54, 1.807) is 6.92 Å². The topological polar surface area (TPSA) is 43.4 Å². The van der Waals surface area contributed by atoms with Gasteiger partial charge >= 0.3 is 5.97 Å². The van der Waals surface area contributed by atoms with Crippen LogP contribution in [0.2, 0.25) is 0 Å². The summed E-state index contributed by atoms with van der Waals surface area (Å²) in [6, 6.07) is 9.36. The number of aldehydes is 1. The van der Waals surface area contributed by atoms with Gasteiger partial charge in [-0.15, -0.1) is 0 Å². The average Bonchev–Trinajstić information content (AvgIpc) is 2.27. The molecule has 0 aromatic heterocycles. The molecular formula is C12H12O3. The van der Waals surface area contributed by atoms with Gasteiger partial charge in [-0.25, -0.2) is 4.79 Å². The number of allylic oxidation sites excluding steroid dienone is 1. The molecule has 0 N–H and O–H groups in total. The van der Waals surface area contributed by atoms with Crippen molar-refractivity contribution in [2.45, 2.75) is 13.5 Å². The molecule has 1 aromatic carbocycles. The van der Waals surface area contributed by atoms with Crippen molar-refractivity contribution in [1.82, 2.24) is 0 Å². The molecule has 0 bridgehead atoms. The molecule has 0 fully saturated rings. The Bertz CT molecular complexity index is 366. The first-order valence-corrected chi connectivity index (χ1v) is 4.56. The summed E-state index contributed by atoms with van der Waals surface area (Å²) < 4.78 is 4.93. The van der Waals surface area contributed by atoms with Crippen LogP contribution in [0.15, 0.2) is 42.0 Å². The second kappa shape index (κ2) is 5.75. The third kappa shape index (κ3) is 4.22. The van der Waals surface area contributed by atoms with Crippen molar-refractivity contribution in [3.8, 4) is 0 Å². The summed E-state index contributed by atoms with van der Waals surface area (Å²) in [7, 11) is 0. The molecule has 15 heavy (non-hydrogen) atoms. The fourth-order valence-corrected chi connectivity index (χ4v) is 0.990. The van der Waals surface area contributed by atoms with Crippen molar-refractivity contribution in [3.05, 3.63) is 47.5 Å². The van der Waals surface area contributed by atoms with Crippen LogP contribution in [0.5, 0.6) is 0 Å². The van der Waals surface area contributed by atoms with E-state index in [4.69, 9.17) is 4.74 Å². The van der Waals surface area contributed by atoms with Crippen LogP contribution < -0.4 is 0 Å². The molecule has 3 heteroatoms. The Kier molecular flexibility index (Phi) is 4.29. The number of rotatable bonds is 4. The second-order valence-corrected chi connectivity index (χ2v) is 3.10. The minimum absolute atomic E-state index is 0.225. The largest absolute Gasteiger partial charge is 0.458 e. The molecule has 0 radical (unpaired) electrons. The van der Waals surface area contributed by atoms with E-state index < -0.39 is 5.97 Å². The van der Waals surface area contributed by atoms with Gasteiger partial charge in [-0.3, -0.25) is 4.79 Å². The fraction of sp³-hybridized carbons (Fsp3) is 0.167. The molecule has 0 saturated heterocycles. The summed E-state index contributed by atoms with van der Waals surface area (Å²) in [6.07, 6.45) is 1.79. The molecule has 78 valence electrons. The Balaban J connectivity index is 2.45. The first-order valence-electron chi connectivity index (χ1n) is 4.56. The lowest BCUT2D eigenvalue weighted by atomic mass is 10.2. The molecule has 0 spiro atoms. The van der Waals surface area contributed by atoms with Gasteiger partial charge < -0.3 is 4.74 Å². The molecule has 0 aliphatic heterocycles. The van der Waals surface area contributed by atoms with Crippen molar-refractivity contribution in [3.63, 3.8) is 0 Å². The van der Waals surface area contributed by atoms with Crippen LogP contribution in [-0.2, 0) is 20.9 Å². The Labute approximate surface area is 88.4 Å². The van der Waals surface area contributed by atoms with Crippen LogP contribution in [0, 0.1) is 0 Å². The molecule has 0 atom stereocenters. The Morgan fingerprint density at radius 1 is 1.33 bits per heavy atom. The molecule has 0 saturated carbocycles. The summed E-state index contributed by atoms with van der Waals surface area (Å²) in [5.74, 6) is -0.497. The molecule has 0 amide bonds. The number of ether oxygens (including phenoxy) is 1. The summed E-state index contributed by atoms with van der Waals surface area (Å²) in [6.45, 7) is 1.78. The van der Waals surface area contributed by atoms with E-state index in [2.05, 4.69) is 0 Å². The maximum absolute atomic E-state index is 11.1. The highest BCUT2D eigenvalue weighted by Crippen LogP contribution is 2.01. The van der Waals surface area contributed by atoms with Crippen molar-refractivity contribution < 1.29 is 14.3 Å². The summed E-state index contributed by atoms with van der Waals surface area (Å²) in [4.78, 5) is 21.4. The highest BCUT2D eigenvalue weighted by Gasteiger charge is 1.99. The Hall–Kier alpha value is -1.90. The van der Waals surface area contributed by atoms with E-state index in [1.807, 2.05) is 30.3 Å². The average molecular weight is 204 g/mol. The van der Waals surface area contributed by atoms with E-state index >= 15 is 0 Å². The van der Waals surface area contributed by atoms with E-state index in [9.17, 15) is 9.59 Å². The van der Waals surface area contributed by atoms with Gasteiger partial charge in [0.15, 0.2) is 0 Å². The number of carbonyl (C=O) groups excluding carboxylic acids is 2. The zero-order valence-electron chi connectivity index (χ0n) is 8.47. The zero-order valence-corrected chi connectivity index (χ0v) is 8.47. The highest BCUT2D eigenvalue weighted by atomic mass is 16.5. The molecule has 3 nitrogen and oxygen atoms in total. The lowest BCUT2D eigenvalue weighted by Gasteiger charge is -2.01. The number of benzene rings is 1. The van der Waals surface area contributed by atoms with E-state index in [1.165, 1.54) is 6.08 Å². The van der Waals surface area contributed by atoms with Crippen molar-refractivity contribution >= 4 is 12.3 Å². The standard InChI is InChI=1S/C12H12O3/c1-10(8-13)7-12(14)15-9-11-5-3-2-4-6-11/h2-8H,9H2,1H3. The van der Waals surface area contributed by atoms with Crippen LogP contribution >= 0.6 is 0 Å². The SMILES string of the molecule is CC(C=O)=CC(=O)OCc1ccccc1. The third-order valence-electron chi connectivity index (χ3n) is 1.76. The predicted molar refractivity (Wildman–Crippen MR) is 56.1 cm³/mol. The van der Waals surface area contributed by atoms with Gasteiger partial charge in [0.1, 0.15) is 12.9 Å². The maximum atomic E-state index is 11.1. The van der Waals surface area contributed by atoms with E-state index in [0.717, 1.165) is 5.56 Å². The first-order chi connectivity index (χ1) is 7.22. The van der Waals surface area contributed by atoms with E-state index in [0.29, 0.717) is 11.9 Å². The van der Waals surface area contributed by atoms with Crippen molar-refractivity contribution in [2.75, 3.05) is 0 Å². The van der Waals surface area contributed by atoms with Crippen LogP contribution in [0.4, 0.5) is 0 Å². The molecule has 0 heterocycles. The Morgan fingerprint density at radius 2 is 2.00 bits per heavy atom. The summed E-state index contributed by atoms with van der Waals surface area (Å²) in [5, 5.41) is 0. The van der Waals surface area contributed by atoms with Crippen molar-refractivity contribution in [1.29, 1.82) is 0 Å². The molecule has 0 unspecified atom stereocenters. The fourth-order valence-electron chi connectivity index (χ4n) is 0.990. The van der Waals surface area contributed by atoms with Gasteiger partial charge in [0.25, 0.3) is 0 Å². The quantitative estimate of drug-likeness (QED) is 0.427. The monoisotopic (exact) mass is 204 g/mol. The second-order valence-electron chi connectivity index (χ2n) is 3.10. The predicted octanol–water partition coefficient (Wildman–Crippen LogP) is 1.87. The lowest BCUT2D eigenvalue weighted by Crippen LogP contribution is -2.01. The molecule has 1 aromatic rings. The maximum Gasteiger partial charge on any atom is 0.331 e. The van der Waals surface area contributed by atoms with Gasteiger partial charge in [-0.1, -0.05) is 30.3 Å². The molecule has 0 aliphatic rings. The van der Waals surface area contributed by atoms with Gasteiger partial charge in [-0.05, 0) is 18.1 Å². The number of esters is 1. The Morgan fingerprint density at radius 3 is 2.60 bits per heavy atom. The van der Waals surface area contributed by atoms with Crippen LogP contribution in [-0.4, -0.2) is 12.3 Å². The van der Waals surface area contributed by atoms with Gasteiger partial charge in [-0.2, -0.15) is 0 Å². The van der Waals surface area contributed by atoms with Gasteiger partial charge in [0.2, 0.25) is 0 Å². The first kappa shape index (κ1) is 11.2. The zero-order chi connectivity index (χ0) is 11.1. The van der Waals surface area contributed by atoms with Gasteiger partial charge in [0, 0.05) is 6.08 Å². The minimum atomic E-state index is -0.497. The van der Waals surface area contributed by atoms with E-state index in [-0.39, 0.29) is 6.61 Å². The molecule has 1 rings (SSSR count). The molecular weight excluding hydrogens is 192 g/mol. The highest BCUT2D eigenvalue weighted by molar-refractivity contribution is 5.89. The third-order valence-corrected chi connectivity index (χ3v) is 1.76. The molecule has 0 aliphatic carbocycles. The normalized spacial score (nSPS) is 10.9. The lowest BCUT2D eigenvalue weighted by molar-refractivity contribution is -0.139. The van der Waals surface area contributed by atoms with Crippen molar-refractivity contribution in [2.24, 2.45) is 0 Å². The minimum Gasteiger partial charge on any atom is -0.458 e. The summed E-state index contributed by atoms with van der Waals surface area (Å²) >= 11 is 0. The number of hydrogen-bond acceptors (Lipinski definition) is 3. The number of hydrogen-bond donors (Lipinski definition) is 0. The smallest absolute Gasteiger partial charge is 0.331 e. The van der Waals surface area contributed by atoms with Crippen LogP contribution in [0.25, 0.3) is 0 Å².